The van der Waals surface area contributed by atoms with Crippen LogP contribution in [-0.4, -0.2) is 36.8 Å². The molecule has 0 atom stereocenters. The van der Waals surface area contributed by atoms with Crippen molar-refractivity contribution in [3.8, 4) is 0 Å². The average molecular weight is 354 g/mol. The van der Waals surface area contributed by atoms with Crippen LogP contribution in [0.5, 0.6) is 0 Å². The van der Waals surface area contributed by atoms with Crippen LogP contribution in [0.4, 0.5) is 0 Å². The predicted octanol–water partition coefficient (Wildman–Crippen LogP) is 1.61. The van der Waals surface area contributed by atoms with Gasteiger partial charge in [0.2, 0.25) is 0 Å². The number of hydrogen-bond acceptors (Lipinski definition) is 4. The monoisotopic (exact) mass is 354 g/mol. The first-order valence-corrected chi connectivity index (χ1v) is 9.45. The maximum atomic E-state index is 12.8. The minimum absolute atomic E-state index is 0.0373. The zero-order valence-corrected chi connectivity index (χ0v) is 15.5. The highest BCUT2D eigenvalue weighted by Gasteiger charge is 2.19. The van der Waals surface area contributed by atoms with Gasteiger partial charge in [-0.15, -0.1) is 0 Å². The number of rotatable bonds is 5. The zero-order valence-electron chi connectivity index (χ0n) is 15.5. The molecule has 0 radical (unpaired) electrons. The van der Waals surface area contributed by atoms with Crippen LogP contribution < -0.4 is 11.0 Å². The first kappa shape index (κ1) is 17.0. The van der Waals surface area contributed by atoms with E-state index in [1.54, 1.807) is 4.68 Å². The third kappa shape index (κ3) is 3.31. The van der Waals surface area contributed by atoms with E-state index in [1.807, 2.05) is 40.4 Å². The van der Waals surface area contributed by atoms with Gasteiger partial charge in [-0.2, -0.15) is 5.10 Å². The van der Waals surface area contributed by atoms with Gasteiger partial charge in [0.1, 0.15) is 11.5 Å². The third-order valence-corrected chi connectivity index (χ3v) is 5.21. The Morgan fingerprint density at radius 2 is 2.04 bits per heavy atom. The summed E-state index contributed by atoms with van der Waals surface area (Å²) >= 11 is 0. The standard InChI is InChI=1S/C19H26N6O/c1-3-24-18(10-15-6-8-20-9-7-15)22-25(19(24)26)13-16-12-23-11-14(2)4-5-17(23)21-16/h4-5,11-12,15,20H,3,6-10,13H2,1-2H3. The molecule has 1 saturated heterocycles. The minimum atomic E-state index is -0.0373. The molecule has 3 aromatic rings. The van der Waals surface area contributed by atoms with Crippen LogP contribution in [0, 0.1) is 12.8 Å². The molecule has 0 amide bonds. The summed E-state index contributed by atoms with van der Waals surface area (Å²) in [6.45, 7) is 7.24. The second-order valence-corrected chi connectivity index (χ2v) is 7.20. The average Bonchev–Trinajstić information content (AvgIpc) is 3.16. The lowest BCUT2D eigenvalue weighted by Gasteiger charge is -2.21. The molecule has 4 heterocycles. The number of piperidine rings is 1. The minimum Gasteiger partial charge on any atom is -0.317 e. The van der Waals surface area contributed by atoms with Gasteiger partial charge in [-0.05, 0) is 57.3 Å². The molecule has 1 aliphatic rings. The van der Waals surface area contributed by atoms with Crippen molar-refractivity contribution in [3.63, 3.8) is 0 Å². The highest BCUT2D eigenvalue weighted by atomic mass is 16.2. The molecule has 1 aliphatic heterocycles. The molecule has 0 unspecified atom stereocenters. The molecule has 3 aromatic heterocycles. The number of nitrogens with one attached hydrogen (secondary N) is 1. The Labute approximate surface area is 152 Å². The van der Waals surface area contributed by atoms with E-state index < -0.39 is 0 Å². The Hall–Kier alpha value is -2.41. The summed E-state index contributed by atoms with van der Waals surface area (Å²) in [5.41, 5.74) is 2.89. The van der Waals surface area contributed by atoms with Gasteiger partial charge < -0.3 is 9.72 Å². The smallest absolute Gasteiger partial charge is 0.317 e. The quantitative estimate of drug-likeness (QED) is 0.756. The summed E-state index contributed by atoms with van der Waals surface area (Å²) in [5, 5.41) is 8.05. The SMILES string of the molecule is CCn1c(CC2CCNCC2)nn(Cc2cn3cc(C)ccc3n2)c1=O. The molecule has 0 aliphatic carbocycles. The van der Waals surface area contributed by atoms with Crippen LogP contribution in [0.3, 0.4) is 0 Å². The van der Waals surface area contributed by atoms with Gasteiger partial charge >= 0.3 is 5.69 Å². The van der Waals surface area contributed by atoms with Crippen molar-refractivity contribution in [1.82, 2.24) is 29.0 Å². The number of fused-ring (bicyclic) bond motifs is 1. The molecule has 0 saturated carbocycles. The molecule has 0 bridgehead atoms. The fraction of sp³-hybridized carbons (Fsp3) is 0.526. The van der Waals surface area contributed by atoms with Crippen molar-refractivity contribution in [2.75, 3.05) is 13.1 Å². The Morgan fingerprint density at radius 3 is 2.81 bits per heavy atom. The highest BCUT2D eigenvalue weighted by molar-refractivity contribution is 5.41. The summed E-state index contributed by atoms with van der Waals surface area (Å²) in [6.07, 6.45) is 7.20. The van der Waals surface area contributed by atoms with Gasteiger partial charge in [-0.3, -0.25) is 4.57 Å². The number of aromatic nitrogens is 5. The van der Waals surface area contributed by atoms with Crippen molar-refractivity contribution in [1.29, 1.82) is 0 Å². The van der Waals surface area contributed by atoms with E-state index in [4.69, 9.17) is 0 Å². The third-order valence-electron chi connectivity index (χ3n) is 5.21. The molecule has 1 N–H and O–H groups in total. The highest BCUT2D eigenvalue weighted by Crippen LogP contribution is 2.16. The van der Waals surface area contributed by atoms with Crippen LogP contribution in [-0.2, 0) is 19.5 Å². The van der Waals surface area contributed by atoms with Crippen molar-refractivity contribution < 1.29 is 0 Å². The molecule has 138 valence electrons. The van der Waals surface area contributed by atoms with Crippen molar-refractivity contribution in [2.24, 2.45) is 5.92 Å². The number of nitrogens with zero attached hydrogens (tertiary/aromatic N) is 5. The first-order valence-electron chi connectivity index (χ1n) is 9.45. The van der Waals surface area contributed by atoms with Gasteiger partial charge in [0.05, 0.1) is 12.2 Å². The Kier molecular flexibility index (Phi) is 4.63. The largest absolute Gasteiger partial charge is 0.346 e. The van der Waals surface area contributed by atoms with E-state index in [0.717, 1.165) is 49.5 Å². The van der Waals surface area contributed by atoms with E-state index in [-0.39, 0.29) is 5.69 Å². The van der Waals surface area contributed by atoms with Crippen molar-refractivity contribution >= 4 is 5.65 Å². The van der Waals surface area contributed by atoms with Crippen LogP contribution in [0.25, 0.3) is 5.65 Å². The lowest BCUT2D eigenvalue weighted by Crippen LogP contribution is -2.30. The van der Waals surface area contributed by atoms with Gasteiger partial charge in [0.15, 0.2) is 0 Å². The summed E-state index contributed by atoms with van der Waals surface area (Å²) in [7, 11) is 0. The molecular formula is C19H26N6O. The van der Waals surface area contributed by atoms with E-state index in [2.05, 4.69) is 22.3 Å². The number of imidazole rings is 1. The second kappa shape index (κ2) is 7.07. The zero-order chi connectivity index (χ0) is 18.1. The summed E-state index contributed by atoms with van der Waals surface area (Å²) in [4.78, 5) is 17.4. The van der Waals surface area contributed by atoms with Gasteiger partial charge in [0.25, 0.3) is 0 Å². The second-order valence-electron chi connectivity index (χ2n) is 7.20. The van der Waals surface area contributed by atoms with Crippen molar-refractivity contribution in [2.45, 2.75) is 46.2 Å². The summed E-state index contributed by atoms with van der Waals surface area (Å²) < 4.78 is 5.37. The van der Waals surface area contributed by atoms with Crippen LogP contribution >= 0.6 is 0 Å². The molecular weight excluding hydrogens is 328 g/mol. The fourth-order valence-electron chi connectivity index (χ4n) is 3.79. The lowest BCUT2D eigenvalue weighted by molar-refractivity contribution is 0.362. The van der Waals surface area contributed by atoms with Gasteiger partial charge in [0, 0.05) is 25.4 Å². The van der Waals surface area contributed by atoms with E-state index in [9.17, 15) is 4.79 Å². The maximum absolute atomic E-state index is 12.8. The first-order chi connectivity index (χ1) is 12.6. The molecule has 4 rings (SSSR count). The molecule has 26 heavy (non-hydrogen) atoms. The number of pyridine rings is 1. The fourth-order valence-corrected chi connectivity index (χ4v) is 3.79. The van der Waals surface area contributed by atoms with E-state index in [1.165, 1.54) is 5.56 Å². The predicted molar refractivity (Wildman–Crippen MR) is 100 cm³/mol. The van der Waals surface area contributed by atoms with Crippen LogP contribution in [0.1, 0.15) is 36.8 Å². The molecule has 7 nitrogen and oxygen atoms in total. The molecule has 0 spiro atoms. The maximum Gasteiger partial charge on any atom is 0.346 e. The number of aryl methyl sites for hydroxylation is 1. The normalized spacial score (nSPS) is 15.8. The Morgan fingerprint density at radius 1 is 1.23 bits per heavy atom. The van der Waals surface area contributed by atoms with E-state index in [0.29, 0.717) is 19.0 Å². The van der Waals surface area contributed by atoms with Crippen LogP contribution in [0.2, 0.25) is 0 Å². The summed E-state index contributed by atoms with van der Waals surface area (Å²) in [5.74, 6) is 1.51. The van der Waals surface area contributed by atoms with Crippen molar-refractivity contribution in [3.05, 3.63) is 52.1 Å². The molecule has 0 aromatic carbocycles. The summed E-state index contributed by atoms with van der Waals surface area (Å²) in [6, 6.07) is 4.04. The van der Waals surface area contributed by atoms with Gasteiger partial charge in [-0.25, -0.2) is 14.5 Å². The Balaban J connectivity index is 1.60. The lowest BCUT2D eigenvalue weighted by atomic mass is 9.94. The molecule has 7 heteroatoms. The van der Waals surface area contributed by atoms with E-state index >= 15 is 0 Å². The number of hydrogen-bond donors (Lipinski definition) is 1. The topological polar surface area (TPSA) is 69.2 Å². The Bertz CT molecular complexity index is 960. The molecule has 1 fully saturated rings. The van der Waals surface area contributed by atoms with Crippen LogP contribution in [0.15, 0.2) is 29.3 Å². The van der Waals surface area contributed by atoms with Gasteiger partial charge in [-0.1, -0.05) is 6.07 Å².